The van der Waals surface area contributed by atoms with Crippen molar-refractivity contribution in [2.24, 2.45) is 0 Å². The first kappa shape index (κ1) is 10.2. The van der Waals surface area contributed by atoms with E-state index in [4.69, 9.17) is 0 Å². The van der Waals surface area contributed by atoms with Gasteiger partial charge in [0.1, 0.15) is 0 Å². The molecule has 0 aliphatic heterocycles. The second-order valence-corrected chi connectivity index (χ2v) is 3.70. The van der Waals surface area contributed by atoms with Gasteiger partial charge in [-0.25, -0.2) is 0 Å². The maximum absolute atomic E-state index is 4.46. The summed E-state index contributed by atoms with van der Waals surface area (Å²) in [5, 5.41) is 0. The van der Waals surface area contributed by atoms with Crippen LogP contribution in [0.4, 0.5) is 0 Å². The van der Waals surface area contributed by atoms with Crippen molar-refractivity contribution in [3.63, 3.8) is 0 Å². The Balaban J connectivity index is 3.19. The van der Waals surface area contributed by atoms with E-state index in [-0.39, 0.29) is 0 Å². The SMILES string of the molecule is CCc1ccnc(C(C)C)c1CC. The van der Waals surface area contributed by atoms with Crippen molar-refractivity contribution < 1.29 is 0 Å². The molecule has 0 unspecified atom stereocenters. The minimum absolute atomic E-state index is 0.543. The molecule has 1 heteroatoms. The highest BCUT2D eigenvalue weighted by Gasteiger charge is 2.09. The standard InChI is InChI=1S/C12H19N/c1-5-10-7-8-13-12(9(3)4)11(10)6-2/h7-9H,5-6H2,1-4H3. The molecule has 1 heterocycles. The molecule has 0 aliphatic carbocycles. The van der Waals surface area contributed by atoms with Crippen LogP contribution in [0.1, 0.15) is 50.4 Å². The fourth-order valence-electron chi connectivity index (χ4n) is 1.79. The molecule has 0 fully saturated rings. The molecule has 13 heavy (non-hydrogen) atoms. The van der Waals surface area contributed by atoms with Crippen LogP contribution in [0.5, 0.6) is 0 Å². The molecule has 0 atom stereocenters. The number of nitrogens with zero attached hydrogens (tertiary/aromatic N) is 1. The Labute approximate surface area is 81.2 Å². The lowest BCUT2D eigenvalue weighted by Crippen LogP contribution is -2.02. The van der Waals surface area contributed by atoms with Gasteiger partial charge >= 0.3 is 0 Å². The van der Waals surface area contributed by atoms with Crippen LogP contribution in [0.25, 0.3) is 0 Å². The molecule has 1 rings (SSSR count). The van der Waals surface area contributed by atoms with Crippen molar-refractivity contribution in [3.05, 3.63) is 29.1 Å². The molecule has 0 aliphatic rings. The van der Waals surface area contributed by atoms with Gasteiger partial charge in [-0.1, -0.05) is 27.7 Å². The first-order chi connectivity index (χ1) is 6.20. The van der Waals surface area contributed by atoms with E-state index >= 15 is 0 Å². The smallest absolute Gasteiger partial charge is 0.0463 e. The Morgan fingerprint density at radius 3 is 2.38 bits per heavy atom. The average Bonchev–Trinajstić information content (AvgIpc) is 2.16. The number of hydrogen-bond acceptors (Lipinski definition) is 1. The fraction of sp³-hybridized carbons (Fsp3) is 0.583. The highest BCUT2D eigenvalue weighted by atomic mass is 14.7. The van der Waals surface area contributed by atoms with E-state index in [1.54, 1.807) is 0 Å². The van der Waals surface area contributed by atoms with Crippen molar-refractivity contribution in [3.8, 4) is 0 Å². The fourth-order valence-corrected chi connectivity index (χ4v) is 1.79. The summed E-state index contributed by atoms with van der Waals surface area (Å²) in [4.78, 5) is 4.46. The van der Waals surface area contributed by atoms with Crippen molar-refractivity contribution in [1.82, 2.24) is 4.98 Å². The van der Waals surface area contributed by atoms with Gasteiger partial charge in [0.25, 0.3) is 0 Å². The third-order valence-corrected chi connectivity index (χ3v) is 2.47. The molecule has 1 aromatic heterocycles. The van der Waals surface area contributed by atoms with Crippen LogP contribution >= 0.6 is 0 Å². The van der Waals surface area contributed by atoms with Crippen molar-refractivity contribution in [2.45, 2.75) is 46.5 Å². The van der Waals surface area contributed by atoms with Gasteiger partial charge in [-0.15, -0.1) is 0 Å². The zero-order valence-electron chi connectivity index (χ0n) is 9.09. The van der Waals surface area contributed by atoms with Gasteiger partial charge in [0.2, 0.25) is 0 Å². The first-order valence-corrected chi connectivity index (χ1v) is 5.17. The van der Waals surface area contributed by atoms with E-state index in [2.05, 4.69) is 38.7 Å². The summed E-state index contributed by atoms with van der Waals surface area (Å²) in [6.45, 7) is 8.84. The topological polar surface area (TPSA) is 12.9 Å². The Kier molecular flexibility index (Phi) is 3.47. The third kappa shape index (κ3) is 2.09. The van der Waals surface area contributed by atoms with E-state index in [9.17, 15) is 0 Å². The summed E-state index contributed by atoms with van der Waals surface area (Å²) < 4.78 is 0. The van der Waals surface area contributed by atoms with E-state index < -0.39 is 0 Å². The van der Waals surface area contributed by atoms with Crippen LogP contribution in [-0.4, -0.2) is 4.98 Å². The molecule has 0 radical (unpaired) electrons. The van der Waals surface area contributed by atoms with Crippen LogP contribution in [0.15, 0.2) is 12.3 Å². The highest BCUT2D eigenvalue weighted by molar-refractivity contribution is 5.31. The van der Waals surface area contributed by atoms with Crippen LogP contribution < -0.4 is 0 Å². The molecule has 72 valence electrons. The van der Waals surface area contributed by atoms with E-state index in [0.717, 1.165) is 12.8 Å². The second-order valence-electron chi connectivity index (χ2n) is 3.70. The summed E-state index contributed by atoms with van der Waals surface area (Å²) in [5.41, 5.74) is 4.20. The zero-order chi connectivity index (χ0) is 9.84. The summed E-state index contributed by atoms with van der Waals surface area (Å²) in [6.07, 6.45) is 4.16. The Morgan fingerprint density at radius 2 is 1.92 bits per heavy atom. The number of aromatic nitrogens is 1. The van der Waals surface area contributed by atoms with Gasteiger partial charge in [-0.3, -0.25) is 4.98 Å². The van der Waals surface area contributed by atoms with Crippen molar-refractivity contribution in [1.29, 1.82) is 0 Å². The molecule has 0 aromatic carbocycles. The van der Waals surface area contributed by atoms with E-state index in [1.807, 2.05) is 6.20 Å². The third-order valence-electron chi connectivity index (χ3n) is 2.47. The molecular formula is C12H19N. The predicted molar refractivity (Wildman–Crippen MR) is 57.1 cm³/mol. The average molecular weight is 177 g/mol. The lowest BCUT2D eigenvalue weighted by atomic mass is 9.96. The van der Waals surface area contributed by atoms with Gasteiger partial charge in [0.15, 0.2) is 0 Å². The van der Waals surface area contributed by atoms with E-state index in [1.165, 1.54) is 16.8 Å². The number of hydrogen-bond donors (Lipinski definition) is 0. The predicted octanol–water partition coefficient (Wildman–Crippen LogP) is 3.33. The minimum atomic E-state index is 0.543. The van der Waals surface area contributed by atoms with Gasteiger partial charge < -0.3 is 0 Å². The summed E-state index contributed by atoms with van der Waals surface area (Å²) in [5.74, 6) is 0.543. The maximum atomic E-state index is 4.46. The van der Waals surface area contributed by atoms with Crippen molar-refractivity contribution >= 4 is 0 Å². The summed E-state index contributed by atoms with van der Waals surface area (Å²) in [6, 6.07) is 2.14. The van der Waals surface area contributed by atoms with Gasteiger partial charge in [-0.2, -0.15) is 0 Å². The number of pyridine rings is 1. The molecular weight excluding hydrogens is 158 g/mol. The molecule has 0 spiro atoms. The molecule has 0 saturated carbocycles. The highest BCUT2D eigenvalue weighted by Crippen LogP contribution is 2.20. The molecule has 0 bridgehead atoms. The molecule has 1 nitrogen and oxygen atoms in total. The monoisotopic (exact) mass is 177 g/mol. The normalized spacial score (nSPS) is 10.8. The van der Waals surface area contributed by atoms with Crippen molar-refractivity contribution in [2.75, 3.05) is 0 Å². The van der Waals surface area contributed by atoms with Gasteiger partial charge in [0.05, 0.1) is 0 Å². The van der Waals surface area contributed by atoms with Crippen LogP contribution in [0.2, 0.25) is 0 Å². The van der Waals surface area contributed by atoms with Crippen LogP contribution in [0.3, 0.4) is 0 Å². The van der Waals surface area contributed by atoms with E-state index in [0.29, 0.717) is 5.92 Å². The molecule has 1 aromatic rings. The van der Waals surface area contributed by atoms with Crippen LogP contribution in [0, 0.1) is 0 Å². The van der Waals surface area contributed by atoms with Gasteiger partial charge in [0, 0.05) is 11.9 Å². The van der Waals surface area contributed by atoms with Crippen LogP contribution in [-0.2, 0) is 12.8 Å². The quantitative estimate of drug-likeness (QED) is 0.690. The lowest BCUT2D eigenvalue weighted by Gasteiger charge is -2.13. The number of rotatable bonds is 3. The molecule has 0 amide bonds. The number of aryl methyl sites for hydroxylation is 1. The Bertz CT molecular complexity index is 276. The van der Waals surface area contributed by atoms with Gasteiger partial charge in [-0.05, 0) is 36.0 Å². The molecule has 0 N–H and O–H groups in total. The zero-order valence-corrected chi connectivity index (χ0v) is 9.09. The maximum Gasteiger partial charge on any atom is 0.0463 e. The Morgan fingerprint density at radius 1 is 1.23 bits per heavy atom. The largest absolute Gasteiger partial charge is 0.261 e. The summed E-state index contributed by atoms with van der Waals surface area (Å²) in [7, 11) is 0. The minimum Gasteiger partial charge on any atom is -0.261 e. The first-order valence-electron chi connectivity index (χ1n) is 5.17. The summed E-state index contributed by atoms with van der Waals surface area (Å²) >= 11 is 0. The lowest BCUT2D eigenvalue weighted by molar-refractivity contribution is 0.790. The molecule has 0 saturated heterocycles. The Hall–Kier alpha value is -0.850. The second kappa shape index (κ2) is 4.40.